The second-order valence-corrected chi connectivity index (χ2v) is 4.68. The van der Waals surface area contributed by atoms with Gasteiger partial charge < -0.3 is 10.6 Å². The van der Waals surface area contributed by atoms with E-state index >= 15 is 0 Å². The molecule has 0 spiro atoms. The Kier molecular flexibility index (Phi) is 2.77. The predicted octanol–water partition coefficient (Wildman–Crippen LogP) is 1.12. The normalized spacial score (nSPS) is 38.3. The van der Waals surface area contributed by atoms with Gasteiger partial charge in [-0.1, -0.05) is 13.3 Å². The van der Waals surface area contributed by atoms with Gasteiger partial charge in [-0.05, 0) is 31.6 Å². The molecule has 0 aromatic heterocycles. The molecule has 0 aromatic rings. The molecule has 2 rings (SSSR count). The van der Waals surface area contributed by atoms with Gasteiger partial charge in [-0.3, -0.25) is 4.79 Å². The van der Waals surface area contributed by atoms with Gasteiger partial charge in [0.1, 0.15) is 6.04 Å². The van der Waals surface area contributed by atoms with E-state index in [1.165, 1.54) is 32.1 Å². The number of nitrogens with zero attached hydrogens (tertiary/aromatic N) is 1. The summed E-state index contributed by atoms with van der Waals surface area (Å²) < 4.78 is 0. The standard InChI is InChI=1S/C11H20N2O/c1-2-8-3-5-9(6-4-8)13-7-10(12)11(13)14/h8-10H,2-7,12H2,1H3. The second kappa shape index (κ2) is 3.89. The van der Waals surface area contributed by atoms with Crippen molar-refractivity contribution < 1.29 is 4.79 Å². The first-order chi connectivity index (χ1) is 6.72. The molecule has 1 saturated carbocycles. The number of carbonyl (C=O) groups excluding carboxylic acids is 1. The summed E-state index contributed by atoms with van der Waals surface area (Å²) >= 11 is 0. The average molecular weight is 196 g/mol. The van der Waals surface area contributed by atoms with Gasteiger partial charge in [0.2, 0.25) is 5.91 Å². The zero-order chi connectivity index (χ0) is 10.1. The van der Waals surface area contributed by atoms with Gasteiger partial charge in [0.05, 0.1) is 0 Å². The van der Waals surface area contributed by atoms with E-state index in [2.05, 4.69) is 6.92 Å². The van der Waals surface area contributed by atoms with Gasteiger partial charge in [0.15, 0.2) is 0 Å². The van der Waals surface area contributed by atoms with Crippen LogP contribution in [0.15, 0.2) is 0 Å². The monoisotopic (exact) mass is 196 g/mol. The van der Waals surface area contributed by atoms with Crippen LogP contribution >= 0.6 is 0 Å². The minimum Gasteiger partial charge on any atom is -0.336 e. The Hall–Kier alpha value is -0.570. The lowest BCUT2D eigenvalue weighted by Crippen LogP contribution is -2.64. The van der Waals surface area contributed by atoms with Gasteiger partial charge in [-0.2, -0.15) is 0 Å². The van der Waals surface area contributed by atoms with Crippen LogP contribution in [0.2, 0.25) is 0 Å². The van der Waals surface area contributed by atoms with E-state index in [1.54, 1.807) is 0 Å². The summed E-state index contributed by atoms with van der Waals surface area (Å²) in [6.07, 6.45) is 6.26. The van der Waals surface area contributed by atoms with Crippen molar-refractivity contribution in [2.45, 2.75) is 51.1 Å². The predicted molar refractivity (Wildman–Crippen MR) is 55.7 cm³/mol. The van der Waals surface area contributed by atoms with Crippen molar-refractivity contribution in [2.24, 2.45) is 11.7 Å². The lowest BCUT2D eigenvalue weighted by molar-refractivity contribution is -0.146. The minimum absolute atomic E-state index is 0.171. The molecule has 2 fully saturated rings. The van der Waals surface area contributed by atoms with Crippen molar-refractivity contribution in [1.29, 1.82) is 0 Å². The molecule has 14 heavy (non-hydrogen) atoms. The Morgan fingerprint density at radius 3 is 2.43 bits per heavy atom. The summed E-state index contributed by atoms with van der Waals surface area (Å²) in [5.74, 6) is 1.07. The first kappa shape index (κ1) is 9.97. The summed E-state index contributed by atoms with van der Waals surface area (Å²) in [4.78, 5) is 13.4. The third-order valence-electron chi connectivity index (χ3n) is 3.83. The van der Waals surface area contributed by atoms with Crippen LogP contribution < -0.4 is 5.73 Å². The molecule has 1 saturated heterocycles. The Morgan fingerprint density at radius 1 is 1.36 bits per heavy atom. The molecule has 2 N–H and O–H groups in total. The third kappa shape index (κ3) is 1.65. The SMILES string of the molecule is CCC1CCC(N2CC(N)C2=O)CC1. The van der Waals surface area contributed by atoms with Crippen molar-refractivity contribution in [3.63, 3.8) is 0 Å². The Labute approximate surface area is 85.6 Å². The first-order valence-corrected chi connectivity index (χ1v) is 5.78. The van der Waals surface area contributed by atoms with Crippen molar-refractivity contribution in [1.82, 2.24) is 4.90 Å². The van der Waals surface area contributed by atoms with E-state index < -0.39 is 0 Å². The summed E-state index contributed by atoms with van der Waals surface area (Å²) in [7, 11) is 0. The fourth-order valence-electron chi connectivity index (χ4n) is 2.67. The van der Waals surface area contributed by atoms with E-state index in [4.69, 9.17) is 5.73 Å². The van der Waals surface area contributed by atoms with E-state index in [0.29, 0.717) is 6.04 Å². The highest BCUT2D eigenvalue weighted by Gasteiger charge is 2.39. The number of carbonyl (C=O) groups is 1. The molecule has 80 valence electrons. The molecule has 0 radical (unpaired) electrons. The van der Waals surface area contributed by atoms with Gasteiger partial charge in [0.25, 0.3) is 0 Å². The van der Waals surface area contributed by atoms with Crippen LogP contribution in [0.5, 0.6) is 0 Å². The maximum Gasteiger partial charge on any atom is 0.241 e. The Morgan fingerprint density at radius 2 is 2.00 bits per heavy atom. The topological polar surface area (TPSA) is 46.3 Å². The molecular weight excluding hydrogens is 176 g/mol. The molecule has 1 aliphatic heterocycles. The van der Waals surface area contributed by atoms with Crippen molar-refractivity contribution >= 4 is 5.91 Å². The lowest BCUT2D eigenvalue weighted by atomic mass is 9.82. The summed E-state index contributed by atoms with van der Waals surface area (Å²) in [6.45, 7) is 3.05. The fourth-order valence-corrected chi connectivity index (χ4v) is 2.67. The highest BCUT2D eigenvalue weighted by atomic mass is 16.2. The molecule has 3 nitrogen and oxygen atoms in total. The molecule has 1 unspecified atom stereocenters. The van der Waals surface area contributed by atoms with E-state index in [0.717, 1.165) is 12.5 Å². The molecule has 1 aliphatic carbocycles. The molecule has 0 bridgehead atoms. The third-order valence-corrected chi connectivity index (χ3v) is 3.83. The zero-order valence-electron chi connectivity index (χ0n) is 8.91. The van der Waals surface area contributed by atoms with E-state index in [9.17, 15) is 4.79 Å². The van der Waals surface area contributed by atoms with Crippen molar-refractivity contribution in [2.75, 3.05) is 6.54 Å². The molecule has 1 amide bonds. The molecule has 0 aromatic carbocycles. The highest BCUT2D eigenvalue weighted by Crippen LogP contribution is 2.31. The molecule has 2 aliphatic rings. The molecule has 1 heterocycles. The van der Waals surface area contributed by atoms with E-state index in [1.807, 2.05) is 4.90 Å². The van der Waals surface area contributed by atoms with Crippen molar-refractivity contribution in [3.8, 4) is 0 Å². The number of amides is 1. The smallest absolute Gasteiger partial charge is 0.241 e. The van der Waals surface area contributed by atoms with Crippen LogP contribution in [0.4, 0.5) is 0 Å². The van der Waals surface area contributed by atoms with Gasteiger partial charge in [0, 0.05) is 12.6 Å². The van der Waals surface area contributed by atoms with Gasteiger partial charge >= 0.3 is 0 Å². The number of β-lactam (4-membered cyclic amide) rings is 1. The molecular formula is C11H20N2O. The maximum atomic E-state index is 11.4. The van der Waals surface area contributed by atoms with Gasteiger partial charge in [-0.25, -0.2) is 0 Å². The number of rotatable bonds is 2. The zero-order valence-corrected chi connectivity index (χ0v) is 8.91. The highest BCUT2D eigenvalue weighted by molar-refractivity contribution is 5.87. The lowest BCUT2D eigenvalue weighted by Gasteiger charge is -2.44. The fraction of sp³-hybridized carbons (Fsp3) is 0.909. The van der Waals surface area contributed by atoms with Crippen LogP contribution in [0.3, 0.4) is 0 Å². The second-order valence-electron chi connectivity index (χ2n) is 4.68. The van der Waals surface area contributed by atoms with Crippen LogP contribution in [-0.4, -0.2) is 29.4 Å². The maximum absolute atomic E-state index is 11.4. The van der Waals surface area contributed by atoms with Gasteiger partial charge in [-0.15, -0.1) is 0 Å². The van der Waals surface area contributed by atoms with Crippen molar-refractivity contribution in [3.05, 3.63) is 0 Å². The number of hydrogen-bond donors (Lipinski definition) is 1. The Balaban J connectivity index is 1.81. The number of nitrogens with two attached hydrogens (primary N) is 1. The largest absolute Gasteiger partial charge is 0.336 e. The van der Waals surface area contributed by atoms with Crippen LogP contribution in [-0.2, 0) is 4.79 Å². The molecule has 3 heteroatoms. The summed E-state index contributed by atoms with van der Waals surface area (Å²) in [6, 6.07) is 0.309. The quantitative estimate of drug-likeness (QED) is 0.673. The number of hydrogen-bond acceptors (Lipinski definition) is 2. The molecule has 1 atom stereocenters. The average Bonchev–Trinajstić information content (AvgIpc) is 2.25. The minimum atomic E-state index is -0.195. The van der Waals surface area contributed by atoms with E-state index in [-0.39, 0.29) is 11.9 Å². The summed E-state index contributed by atoms with van der Waals surface area (Å²) in [5.41, 5.74) is 5.58. The van der Waals surface area contributed by atoms with Crippen LogP contribution in [0.25, 0.3) is 0 Å². The Bertz CT molecular complexity index is 221. The van der Waals surface area contributed by atoms with Crippen LogP contribution in [0.1, 0.15) is 39.0 Å². The van der Waals surface area contributed by atoms with Crippen LogP contribution in [0, 0.1) is 5.92 Å². The number of likely N-dealkylation sites (tertiary alicyclic amines) is 1. The summed E-state index contributed by atoms with van der Waals surface area (Å²) in [5, 5.41) is 0. The first-order valence-electron chi connectivity index (χ1n) is 5.78.